The summed E-state index contributed by atoms with van der Waals surface area (Å²) < 4.78 is 5.45. The van der Waals surface area contributed by atoms with Crippen LogP contribution >= 0.6 is 0 Å². The lowest BCUT2D eigenvalue weighted by molar-refractivity contribution is 0.294. The summed E-state index contributed by atoms with van der Waals surface area (Å²) in [5.41, 5.74) is 3.64. The molecule has 3 nitrogen and oxygen atoms in total. The molecule has 1 aromatic carbocycles. The molecule has 1 saturated heterocycles. The van der Waals surface area contributed by atoms with Crippen LogP contribution in [0.3, 0.4) is 0 Å². The van der Waals surface area contributed by atoms with E-state index in [1.807, 2.05) is 24.4 Å². The van der Waals surface area contributed by atoms with Gasteiger partial charge in [-0.05, 0) is 48.7 Å². The van der Waals surface area contributed by atoms with Crippen molar-refractivity contribution < 1.29 is 4.42 Å². The Morgan fingerprint density at radius 3 is 2.70 bits per heavy atom. The predicted molar refractivity (Wildman–Crippen MR) is 91.0 cm³/mol. The van der Waals surface area contributed by atoms with Crippen molar-refractivity contribution in [2.24, 2.45) is 0 Å². The van der Waals surface area contributed by atoms with Gasteiger partial charge in [0.15, 0.2) is 0 Å². The van der Waals surface area contributed by atoms with Crippen molar-refractivity contribution in [2.45, 2.75) is 18.9 Å². The molecule has 0 spiro atoms. The first-order valence-corrected chi connectivity index (χ1v) is 8.14. The van der Waals surface area contributed by atoms with Crippen LogP contribution in [-0.4, -0.2) is 23.0 Å². The Morgan fingerprint density at radius 2 is 1.96 bits per heavy atom. The molecule has 3 heterocycles. The summed E-state index contributed by atoms with van der Waals surface area (Å²) in [6.45, 7) is 3.15. The van der Waals surface area contributed by atoms with Crippen LogP contribution in [0.15, 0.2) is 71.5 Å². The normalized spacial score (nSPS) is 18.3. The molecule has 0 amide bonds. The fourth-order valence-electron chi connectivity index (χ4n) is 3.33. The first-order valence-electron chi connectivity index (χ1n) is 8.14. The molecule has 3 aromatic rings. The zero-order valence-electron chi connectivity index (χ0n) is 13.1. The second-order valence-corrected chi connectivity index (χ2v) is 6.14. The minimum atomic E-state index is 0.614. The summed E-state index contributed by atoms with van der Waals surface area (Å²) in [4.78, 5) is 6.88. The molecule has 1 aliphatic heterocycles. The third-order valence-electron chi connectivity index (χ3n) is 4.57. The summed E-state index contributed by atoms with van der Waals surface area (Å²) in [5, 5.41) is 0. The van der Waals surface area contributed by atoms with Crippen LogP contribution in [-0.2, 0) is 6.54 Å². The Kier molecular flexibility index (Phi) is 3.95. The van der Waals surface area contributed by atoms with Gasteiger partial charge in [-0.25, -0.2) is 0 Å². The van der Waals surface area contributed by atoms with E-state index in [1.54, 1.807) is 6.26 Å². The van der Waals surface area contributed by atoms with E-state index in [0.29, 0.717) is 5.92 Å². The molecular formula is C20H20N2O. The summed E-state index contributed by atoms with van der Waals surface area (Å²) in [5.74, 6) is 1.67. The zero-order valence-corrected chi connectivity index (χ0v) is 13.1. The van der Waals surface area contributed by atoms with Gasteiger partial charge in [-0.15, -0.1) is 0 Å². The van der Waals surface area contributed by atoms with Gasteiger partial charge in [0.25, 0.3) is 0 Å². The van der Waals surface area contributed by atoms with Crippen LogP contribution in [0.25, 0.3) is 11.3 Å². The minimum Gasteiger partial charge on any atom is -0.468 e. The quantitative estimate of drug-likeness (QED) is 0.718. The standard InChI is InChI=1S/C20H20N2O/c1-2-11-21-20(5-1)17-8-6-16(7-9-17)18-10-12-22(14-18)15-19-4-3-13-23-19/h1-9,11,13,18H,10,12,14-15H2. The highest BCUT2D eigenvalue weighted by molar-refractivity contribution is 5.59. The fourth-order valence-corrected chi connectivity index (χ4v) is 3.33. The van der Waals surface area contributed by atoms with E-state index in [4.69, 9.17) is 4.42 Å². The Balaban J connectivity index is 1.43. The first-order chi connectivity index (χ1) is 11.4. The van der Waals surface area contributed by atoms with Crippen LogP contribution in [0.4, 0.5) is 0 Å². The van der Waals surface area contributed by atoms with E-state index in [9.17, 15) is 0 Å². The topological polar surface area (TPSA) is 29.3 Å². The van der Waals surface area contributed by atoms with Crippen molar-refractivity contribution in [3.63, 3.8) is 0 Å². The average Bonchev–Trinajstić information content (AvgIpc) is 3.28. The van der Waals surface area contributed by atoms with E-state index in [-0.39, 0.29) is 0 Å². The van der Waals surface area contributed by atoms with Crippen molar-refractivity contribution in [1.82, 2.24) is 9.88 Å². The van der Waals surface area contributed by atoms with Gasteiger partial charge >= 0.3 is 0 Å². The maximum absolute atomic E-state index is 5.45. The maximum atomic E-state index is 5.45. The van der Waals surface area contributed by atoms with Crippen molar-refractivity contribution in [2.75, 3.05) is 13.1 Å². The highest BCUT2D eigenvalue weighted by atomic mass is 16.3. The molecular weight excluding hydrogens is 284 g/mol. The van der Waals surface area contributed by atoms with E-state index in [2.05, 4.69) is 46.3 Å². The average molecular weight is 304 g/mol. The molecule has 23 heavy (non-hydrogen) atoms. The van der Waals surface area contributed by atoms with Gasteiger partial charge in [0.05, 0.1) is 18.5 Å². The van der Waals surface area contributed by atoms with Crippen LogP contribution in [0, 0.1) is 0 Å². The van der Waals surface area contributed by atoms with Gasteiger partial charge in [0.1, 0.15) is 5.76 Å². The number of furan rings is 1. The molecule has 1 fully saturated rings. The van der Waals surface area contributed by atoms with Crippen LogP contribution < -0.4 is 0 Å². The molecule has 4 rings (SSSR count). The highest BCUT2D eigenvalue weighted by Crippen LogP contribution is 2.29. The lowest BCUT2D eigenvalue weighted by Crippen LogP contribution is -2.19. The zero-order chi connectivity index (χ0) is 15.5. The largest absolute Gasteiger partial charge is 0.468 e. The second-order valence-electron chi connectivity index (χ2n) is 6.14. The third-order valence-corrected chi connectivity index (χ3v) is 4.57. The molecule has 0 bridgehead atoms. The number of aromatic nitrogens is 1. The van der Waals surface area contributed by atoms with E-state index in [1.165, 1.54) is 17.5 Å². The lowest BCUT2D eigenvalue weighted by atomic mass is 9.97. The molecule has 0 radical (unpaired) electrons. The van der Waals surface area contributed by atoms with E-state index in [0.717, 1.165) is 31.1 Å². The molecule has 2 aromatic heterocycles. The van der Waals surface area contributed by atoms with Crippen LogP contribution in [0.2, 0.25) is 0 Å². The fraction of sp³-hybridized carbons (Fsp3) is 0.250. The number of hydrogen-bond donors (Lipinski definition) is 0. The van der Waals surface area contributed by atoms with E-state index >= 15 is 0 Å². The van der Waals surface area contributed by atoms with Crippen molar-refractivity contribution >= 4 is 0 Å². The Labute approximate surface area is 136 Å². The number of likely N-dealkylation sites (tertiary alicyclic amines) is 1. The molecule has 1 atom stereocenters. The summed E-state index contributed by atoms with van der Waals surface area (Å²) in [6, 6.07) is 18.9. The smallest absolute Gasteiger partial charge is 0.117 e. The molecule has 3 heteroatoms. The summed E-state index contributed by atoms with van der Waals surface area (Å²) in [7, 11) is 0. The van der Waals surface area contributed by atoms with Gasteiger partial charge in [0.2, 0.25) is 0 Å². The molecule has 0 N–H and O–H groups in total. The SMILES string of the molecule is c1ccc(-c2ccc(C3CCN(Cc4ccco4)C3)cc2)nc1. The number of rotatable bonds is 4. The van der Waals surface area contributed by atoms with Gasteiger partial charge in [0, 0.05) is 18.3 Å². The monoisotopic (exact) mass is 304 g/mol. The Morgan fingerprint density at radius 1 is 1.04 bits per heavy atom. The first kappa shape index (κ1) is 14.2. The number of nitrogens with zero attached hydrogens (tertiary/aromatic N) is 2. The molecule has 116 valence electrons. The Bertz CT molecular complexity index is 735. The predicted octanol–water partition coefficient (Wildman–Crippen LogP) is 4.33. The molecule has 0 saturated carbocycles. The molecule has 1 aliphatic rings. The highest BCUT2D eigenvalue weighted by Gasteiger charge is 2.24. The van der Waals surface area contributed by atoms with Gasteiger partial charge in [-0.2, -0.15) is 0 Å². The van der Waals surface area contributed by atoms with Gasteiger partial charge < -0.3 is 4.42 Å². The van der Waals surface area contributed by atoms with Gasteiger partial charge in [-0.1, -0.05) is 30.3 Å². The van der Waals surface area contributed by atoms with Crippen molar-refractivity contribution in [1.29, 1.82) is 0 Å². The number of benzene rings is 1. The van der Waals surface area contributed by atoms with Gasteiger partial charge in [-0.3, -0.25) is 9.88 Å². The van der Waals surface area contributed by atoms with Crippen LogP contribution in [0.5, 0.6) is 0 Å². The second kappa shape index (κ2) is 6.39. The van der Waals surface area contributed by atoms with Crippen molar-refractivity contribution in [3.05, 3.63) is 78.4 Å². The Hall–Kier alpha value is -2.39. The van der Waals surface area contributed by atoms with Crippen molar-refractivity contribution in [3.8, 4) is 11.3 Å². The third kappa shape index (κ3) is 3.20. The lowest BCUT2D eigenvalue weighted by Gasteiger charge is -2.15. The maximum Gasteiger partial charge on any atom is 0.117 e. The summed E-state index contributed by atoms with van der Waals surface area (Å²) in [6.07, 6.45) is 4.80. The molecule has 1 unspecified atom stereocenters. The van der Waals surface area contributed by atoms with Crippen LogP contribution in [0.1, 0.15) is 23.7 Å². The summed E-state index contributed by atoms with van der Waals surface area (Å²) >= 11 is 0. The van der Waals surface area contributed by atoms with E-state index < -0.39 is 0 Å². The minimum absolute atomic E-state index is 0.614. The number of pyridine rings is 1. The number of hydrogen-bond acceptors (Lipinski definition) is 3. The molecule has 0 aliphatic carbocycles.